The van der Waals surface area contributed by atoms with Crippen molar-refractivity contribution >= 4 is 28.8 Å². The van der Waals surface area contributed by atoms with Crippen molar-refractivity contribution < 1.29 is 18.3 Å². The molecule has 1 saturated heterocycles. The Balaban J connectivity index is 1.52. The van der Waals surface area contributed by atoms with Crippen LogP contribution in [0.3, 0.4) is 0 Å². The van der Waals surface area contributed by atoms with Gasteiger partial charge < -0.3 is 31.3 Å². The van der Waals surface area contributed by atoms with Crippen LogP contribution < -0.4 is 26.6 Å². The van der Waals surface area contributed by atoms with Gasteiger partial charge in [0.2, 0.25) is 11.6 Å². The number of para-hydroxylation sites is 2. The zero-order valence-corrected chi connectivity index (χ0v) is 21.2. The third-order valence-electron chi connectivity index (χ3n) is 6.79. The van der Waals surface area contributed by atoms with Crippen molar-refractivity contribution in [3.8, 4) is 11.3 Å². The van der Waals surface area contributed by atoms with E-state index < -0.39 is 18.1 Å². The number of halogens is 2. The smallest absolute Gasteiger partial charge is 0.286 e. The molecule has 0 unspecified atom stereocenters. The van der Waals surface area contributed by atoms with E-state index in [0.29, 0.717) is 60.4 Å². The summed E-state index contributed by atoms with van der Waals surface area (Å²) in [5.41, 5.74) is 6.80. The van der Waals surface area contributed by atoms with Gasteiger partial charge in [-0.3, -0.25) is 4.79 Å². The van der Waals surface area contributed by atoms with E-state index in [0.717, 1.165) is 0 Å². The molecule has 1 fully saturated rings. The summed E-state index contributed by atoms with van der Waals surface area (Å²) in [6.45, 7) is 5.96. The van der Waals surface area contributed by atoms with E-state index in [1.807, 2.05) is 18.7 Å². The summed E-state index contributed by atoms with van der Waals surface area (Å²) in [6.07, 6.45) is -2.86. The van der Waals surface area contributed by atoms with Gasteiger partial charge >= 0.3 is 0 Å². The molecule has 3 aromatic rings. The fourth-order valence-electron chi connectivity index (χ4n) is 4.44. The molecule has 9 nitrogen and oxygen atoms in total. The lowest BCUT2D eigenvalue weighted by molar-refractivity contribution is -0.118. The quantitative estimate of drug-likeness (QED) is 0.369. The molecule has 1 amide bonds. The van der Waals surface area contributed by atoms with Crippen LogP contribution in [0.1, 0.15) is 19.7 Å². The number of alkyl halides is 2. The van der Waals surface area contributed by atoms with Crippen LogP contribution in [0, 0.1) is 5.92 Å². The van der Waals surface area contributed by atoms with Gasteiger partial charge in [-0.25, -0.2) is 18.7 Å². The number of nitrogens with zero attached hydrogens (tertiary/aromatic N) is 3. The number of anilines is 4. The number of nitrogens with two attached hydrogens (primary N) is 1. The number of carbonyl (C=O) groups excluding carboxylic acids is 1. The summed E-state index contributed by atoms with van der Waals surface area (Å²) in [7, 11) is 0. The highest BCUT2D eigenvalue weighted by atomic mass is 19.3. The van der Waals surface area contributed by atoms with Gasteiger partial charge in [0.1, 0.15) is 5.82 Å². The van der Waals surface area contributed by atoms with E-state index in [1.165, 1.54) is 0 Å². The maximum Gasteiger partial charge on any atom is 0.286 e. The van der Waals surface area contributed by atoms with Gasteiger partial charge in [0.15, 0.2) is 5.82 Å². The van der Waals surface area contributed by atoms with Gasteiger partial charge in [-0.2, -0.15) is 0 Å². The number of nitrogens with one attached hydrogen (secondary N) is 3. The molecule has 2 aliphatic rings. The molecular formula is C27H31F2N7O2. The van der Waals surface area contributed by atoms with Crippen LogP contribution in [0.4, 0.5) is 31.7 Å². The Morgan fingerprint density at radius 1 is 1.05 bits per heavy atom. The Hall–Kier alpha value is -3.83. The van der Waals surface area contributed by atoms with Crippen LogP contribution in [-0.4, -0.2) is 54.6 Å². The fourth-order valence-corrected chi connectivity index (χ4v) is 4.44. The lowest BCUT2D eigenvalue weighted by atomic mass is 10.0. The molecule has 5 rings (SSSR count). The van der Waals surface area contributed by atoms with Gasteiger partial charge in [0.25, 0.3) is 6.43 Å². The number of morpholine rings is 1. The van der Waals surface area contributed by atoms with E-state index in [4.69, 9.17) is 10.5 Å². The summed E-state index contributed by atoms with van der Waals surface area (Å²) in [4.78, 5) is 23.6. The highest BCUT2D eigenvalue weighted by Crippen LogP contribution is 2.42. The molecular weight excluding hydrogens is 492 g/mol. The summed E-state index contributed by atoms with van der Waals surface area (Å²) in [5.74, 6) is 0.193. The number of rotatable bonds is 7. The van der Waals surface area contributed by atoms with E-state index in [2.05, 4.69) is 25.9 Å². The van der Waals surface area contributed by atoms with Crippen LogP contribution >= 0.6 is 0 Å². The Kier molecular flexibility index (Phi) is 7.13. The molecule has 200 valence electrons. The monoisotopic (exact) mass is 523 g/mol. The van der Waals surface area contributed by atoms with Crippen LogP contribution in [0.15, 0.2) is 54.6 Å². The number of ether oxygens (including phenoxy) is 1. The fraction of sp³-hybridized carbons (Fsp3) is 0.370. The van der Waals surface area contributed by atoms with Gasteiger partial charge in [0.05, 0.1) is 36.3 Å². The average molecular weight is 524 g/mol. The lowest BCUT2D eigenvalue weighted by Crippen LogP contribution is -2.48. The van der Waals surface area contributed by atoms with Crippen molar-refractivity contribution in [1.82, 2.24) is 9.97 Å². The van der Waals surface area contributed by atoms with Gasteiger partial charge in [-0.05, 0) is 30.2 Å². The van der Waals surface area contributed by atoms with Gasteiger partial charge in [-0.15, -0.1) is 0 Å². The normalized spacial score (nSPS) is 17.1. The molecule has 2 aromatic carbocycles. The average Bonchev–Trinajstić information content (AvgIpc) is 3.34. The molecule has 3 heterocycles. The first-order chi connectivity index (χ1) is 18.3. The van der Waals surface area contributed by atoms with Crippen molar-refractivity contribution in [3.05, 3.63) is 60.4 Å². The van der Waals surface area contributed by atoms with Crippen molar-refractivity contribution in [2.75, 3.05) is 47.2 Å². The minimum Gasteiger partial charge on any atom is -0.378 e. The second kappa shape index (κ2) is 10.5. The second-order valence-corrected chi connectivity index (χ2v) is 9.78. The van der Waals surface area contributed by atoms with Crippen molar-refractivity contribution in [2.45, 2.75) is 32.0 Å². The molecule has 11 heteroatoms. The summed E-state index contributed by atoms with van der Waals surface area (Å²) in [5, 5.41) is 8.68. The highest BCUT2D eigenvalue weighted by molar-refractivity contribution is 5.95. The molecule has 5 N–H and O–H groups in total. The molecule has 1 aromatic heterocycles. The SMILES string of the molecule is CC(C)[C@@H](N)C(=O)Nc1ccc(-c2cc(N3CCOCC3)nc(C3(C(F)F)Nc4ccccc4N3)n2)cc1. The summed E-state index contributed by atoms with van der Waals surface area (Å²) >= 11 is 0. The molecule has 0 bridgehead atoms. The molecule has 0 saturated carbocycles. The number of carbonyl (C=O) groups is 1. The lowest BCUT2D eigenvalue weighted by Gasteiger charge is -2.32. The van der Waals surface area contributed by atoms with Crippen LogP contribution in [-0.2, 0) is 15.2 Å². The summed E-state index contributed by atoms with van der Waals surface area (Å²) in [6, 6.07) is 15.2. The largest absolute Gasteiger partial charge is 0.378 e. The Morgan fingerprint density at radius 3 is 2.26 bits per heavy atom. The second-order valence-electron chi connectivity index (χ2n) is 9.78. The number of hydrogen-bond donors (Lipinski definition) is 4. The maximum absolute atomic E-state index is 14.8. The predicted molar refractivity (Wildman–Crippen MR) is 143 cm³/mol. The Morgan fingerprint density at radius 2 is 1.68 bits per heavy atom. The zero-order chi connectivity index (χ0) is 26.9. The number of hydrogen-bond acceptors (Lipinski definition) is 8. The Labute approximate surface area is 219 Å². The standard InChI is InChI=1S/C27H31F2N7O2/c1-16(2)23(30)24(37)31-18-9-7-17(8-10-18)21-15-22(36-11-13-38-14-12-36)33-26(32-21)27(25(28)29)34-19-5-3-4-6-20(19)35-27/h3-10,15-16,23,25,34-35H,11-14,30H2,1-2H3,(H,31,37)/t23-/m1/s1. The topological polar surface area (TPSA) is 117 Å². The van der Waals surface area contributed by atoms with Crippen LogP contribution in [0.5, 0.6) is 0 Å². The Bertz CT molecular complexity index is 1270. The van der Waals surface area contributed by atoms with Crippen LogP contribution in [0.25, 0.3) is 11.3 Å². The first kappa shape index (κ1) is 25.8. The number of fused-ring (bicyclic) bond motifs is 1. The molecule has 0 radical (unpaired) electrons. The van der Waals surface area contributed by atoms with E-state index >= 15 is 0 Å². The molecule has 0 spiro atoms. The van der Waals surface area contributed by atoms with Crippen molar-refractivity contribution in [2.24, 2.45) is 11.7 Å². The van der Waals surface area contributed by atoms with E-state index in [-0.39, 0.29) is 17.6 Å². The van der Waals surface area contributed by atoms with E-state index in [1.54, 1.807) is 54.6 Å². The van der Waals surface area contributed by atoms with E-state index in [9.17, 15) is 13.6 Å². The maximum atomic E-state index is 14.8. The van der Waals surface area contributed by atoms with Crippen molar-refractivity contribution in [1.29, 1.82) is 0 Å². The third-order valence-corrected chi connectivity index (χ3v) is 6.79. The predicted octanol–water partition coefficient (Wildman–Crippen LogP) is 3.86. The zero-order valence-electron chi connectivity index (χ0n) is 21.2. The highest BCUT2D eigenvalue weighted by Gasteiger charge is 2.49. The number of benzene rings is 2. The van der Waals surface area contributed by atoms with Crippen molar-refractivity contribution in [3.63, 3.8) is 0 Å². The first-order valence-corrected chi connectivity index (χ1v) is 12.6. The number of aromatic nitrogens is 2. The minimum absolute atomic E-state index is 0.00146. The third kappa shape index (κ3) is 4.99. The van der Waals surface area contributed by atoms with Gasteiger partial charge in [0, 0.05) is 30.4 Å². The molecule has 38 heavy (non-hydrogen) atoms. The minimum atomic E-state index is -2.86. The number of amides is 1. The van der Waals surface area contributed by atoms with Gasteiger partial charge in [-0.1, -0.05) is 38.1 Å². The summed E-state index contributed by atoms with van der Waals surface area (Å²) < 4.78 is 35.0. The first-order valence-electron chi connectivity index (χ1n) is 12.6. The molecule has 0 aliphatic carbocycles. The molecule has 2 aliphatic heterocycles. The van der Waals surface area contributed by atoms with Crippen LogP contribution in [0.2, 0.25) is 0 Å². The molecule has 1 atom stereocenters.